The summed E-state index contributed by atoms with van der Waals surface area (Å²) in [5.41, 5.74) is 2.54. The second-order valence-corrected chi connectivity index (χ2v) is 14.1. The van der Waals surface area contributed by atoms with Crippen LogP contribution in [0.4, 0.5) is 5.69 Å². The largest absolute Gasteiger partial charge is 0.508 e. The molecule has 50 heavy (non-hydrogen) atoms. The number of fused-ring (bicyclic) bond motifs is 4. The molecule has 2 fully saturated rings. The van der Waals surface area contributed by atoms with Crippen molar-refractivity contribution >= 4 is 46.2 Å². The number of hydrogen-bond acceptors (Lipinski definition) is 6. The summed E-state index contributed by atoms with van der Waals surface area (Å²) < 4.78 is 5.61. The van der Waals surface area contributed by atoms with Gasteiger partial charge in [0.1, 0.15) is 11.5 Å². The van der Waals surface area contributed by atoms with Crippen LogP contribution in [0.1, 0.15) is 41.0 Å². The Bertz CT molecular complexity index is 2160. The first-order valence-corrected chi connectivity index (χ1v) is 17.2. The number of carbonyl (C=O) groups is 4. The summed E-state index contributed by atoms with van der Waals surface area (Å²) in [5, 5.41) is 12.0. The Morgan fingerprint density at radius 1 is 0.860 bits per heavy atom. The van der Waals surface area contributed by atoms with Gasteiger partial charge in [-0.25, -0.2) is 4.90 Å². The number of ether oxygens (including phenoxy) is 1. The van der Waals surface area contributed by atoms with Crippen molar-refractivity contribution in [2.24, 2.45) is 23.7 Å². The number of phenols is 1. The predicted octanol–water partition coefficient (Wildman–Crippen LogP) is 7.39. The molecule has 4 aromatic carbocycles. The van der Waals surface area contributed by atoms with Gasteiger partial charge in [0.25, 0.3) is 0 Å². The molecule has 1 N–H and O–H groups in total. The summed E-state index contributed by atoms with van der Waals surface area (Å²) in [6, 6.07) is 28.4. The molecule has 8 rings (SSSR count). The standard InChI is InChI=1S/C42H34ClNO6/c1-23-13-14-26(19-34(23)43)44-40(48)29-17-16-28-31(37(29)41(44)49)21-33-39(47)30(24-9-5-3-6-10-24)22-36(46)42(33,25-11-7-4-8-12-25)38(28)32-20-27(50-2)15-18-35(32)45/h3-16,18-20,22,29,31,33,37-38,45H,17,21H2,1-2H3/t29-,31+,33-,37-,38+,42-/m0/s1. The van der Waals surface area contributed by atoms with Gasteiger partial charge < -0.3 is 9.84 Å². The number of nitrogens with zero attached hydrogens (tertiary/aromatic N) is 1. The maximum absolute atomic E-state index is 15.1. The van der Waals surface area contributed by atoms with E-state index in [1.807, 2.05) is 73.7 Å². The molecule has 0 unspecified atom stereocenters. The number of methoxy groups -OCH3 is 1. The number of aromatic hydroxyl groups is 1. The summed E-state index contributed by atoms with van der Waals surface area (Å²) in [7, 11) is 1.53. The van der Waals surface area contributed by atoms with Crippen LogP contribution in [-0.4, -0.2) is 35.6 Å². The molecule has 1 heterocycles. The van der Waals surface area contributed by atoms with E-state index in [9.17, 15) is 14.7 Å². The van der Waals surface area contributed by atoms with E-state index in [-0.39, 0.29) is 42.0 Å². The molecule has 1 saturated carbocycles. The number of anilines is 1. The number of hydrogen-bond donors (Lipinski definition) is 1. The Labute approximate surface area is 294 Å². The van der Waals surface area contributed by atoms with Gasteiger partial charge in [-0.3, -0.25) is 19.2 Å². The topological polar surface area (TPSA) is 101 Å². The minimum atomic E-state index is -1.45. The van der Waals surface area contributed by atoms with E-state index in [0.717, 1.165) is 11.1 Å². The first-order chi connectivity index (χ1) is 24.2. The lowest BCUT2D eigenvalue weighted by atomic mass is 9.44. The molecule has 3 aliphatic carbocycles. The fourth-order valence-electron chi connectivity index (χ4n) is 9.08. The molecule has 0 radical (unpaired) electrons. The third kappa shape index (κ3) is 4.56. The Balaban J connectivity index is 1.37. The lowest BCUT2D eigenvalue weighted by molar-refractivity contribution is -0.135. The monoisotopic (exact) mass is 683 g/mol. The van der Waals surface area contributed by atoms with Crippen LogP contribution in [0, 0.1) is 30.6 Å². The molecule has 250 valence electrons. The average Bonchev–Trinajstić information content (AvgIpc) is 3.40. The molecule has 0 spiro atoms. The maximum Gasteiger partial charge on any atom is 0.238 e. The van der Waals surface area contributed by atoms with Crippen molar-refractivity contribution in [2.75, 3.05) is 12.0 Å². The number of amides is 2. The van der Waals surface area contributed by atoms with Crippen molar-refractivity contribution in [1.29, 1.82) is 0 Å². The van der Waals surface area contributed by atoms with Crippen LogP contribution in [-0.2, 0) is 24.6 Å². The van der Waals surface area contributed by atoms with Crippen LogP contribution >= 0.6 is 11.6 Å². The molecule has 4 aromatic rings. The Morgan fingerprint density at radius 2 is 1.58 bits per heavy atom. The Morgan fingerprint density at radius 3 is 2.28 bits per heavy atom. The predicted molar refractivity (Wildman–Crippen MR) is 190 cm³/mol. The summed E-state index contributed by atoms with van der Waals surface area (Å²) >= 11 is 6.45. The van der Waals surface area contributed by atoms with Gasteiger partial charge >= 0.3 is 0 Å². The van der Waals surface area contributed by atoms with Gasteiger partial charge in [-0.05, 0) is 78.8 Å². The lowest BCUT2D eigenvalue weighted by Crippen LogP contribution is -2.58. The molecular formula is C42H34ClNO6. The van der Waals surface area contributed by atoms with Crippen molar-refractivity contribution < 1.29 is 29.0 Å². The van der Waals surface area contributed by atoms with E-state index in [0.29, 0.717) is 38.7 Å². The van der Waals surface area contributed by atoms with Crippen LogP contribution in [0.25, 0.3) is 5.57 Å². The first-order valence-electron chi connectivity index (χ1n) is 16.8. The zero-order valence-corrected chi connectivity index (χ0v) is 28.3. The third-order valence-corrected chi connectivity index (χ3v) is 11.7. The second kappa shape index (κ2) is 12.0. The van der Waals surface area contributed by atoms with Crippen LogP contribution in [0.2, 0.25) is 5.02 Å². The van der Waals surface area contributed by atoms with Crippen molar-refractivity contribution in [3.8, 4) is 11.5 Å². The third-order valence-electron chi connectivity index (χ3n) is 11.3. The number of benzene rings is 4. The summed E-state index contributed by atoms with van der Waals surface area (Å²) in [4.78, 5) is 60.0. The van der Waals surface area contributed by atoms with E-state index in [1.54, 1.807) is 30.3 Å². The van der Waals surface area contributed by atoms with Gasteiger partial charge in [-0.15, -0.1) is 0 Å². The Hall–Kier alpha value is -5.27. The van der Waals surface area contributed by atoms with E-state index >= 15 is 9.59 Å². The van der Waals surface area contributed by atoms with Gasteiger partial charge in [-0.2, -0.15) is 0 Å². The second-order valence-electron chi connectivity index (χ2n) is 13.7. The number of aryl methyl sites for hydroxylation is 1. The van der Waals surface area contributed by atoms with E-state index in [1.165, 1.54) is 24.2 Å². The smallest absolute Gasteiger partial charge is 0.238 e. The number of phenolic OH excluding ortho intramolecular Hbond substituents is 1. The maximum atomic E-state index is 15.1. The molecule has 6 atom stereocenters. The molecule has 2 amide bonds. The normalized spacial score (nSPS) is 27.3. The summed E-state index contributed by atoms with van der Waals surface area (Å²) in [6.07, 6.45) is 3.87. The van der Waals surface area contributed by atoms with E-state index in [4.69, 9.17) is 16.3 Å². The van der Waals surface area contributed by atoms with Crippen LogP contribution < -0.4 is 9.64 Å². The highest BCUT2D eigenvalue weighted by Gasteiger charge is 2.66. The first kappa shape index (κ1) is 32.0. The summed E-state index contributed by atoms with van der Waals surface area (Å²) in [6.45, 7) is 1.85. The lowest BCUT2D eigenvalue weighted by Gasteiger charge is -2.55. The Kier molecular flexibility index (Phi) is 7.64. The zero-order valence-electron chi connectivity index (χ0n) is 27.5. The number of carbonyl (C=O) groups excluding carboxylic acids is 4. The number of halogens is 1. The molecule has 4 aliphatic rings. The highest BCUT2D eigenvalue weighted by molar-refractivity contribution is 6.33. The molecular weight excluding hydrogens is 650 g/mol. The minimum absolute atomic E-state index is 0.0589. The SMILES string of the molecule is COc1ccc(O)c([C@H]2C3=CC[C@@H]4C(=O)N(c5ccc(C)c(Cl)c5)C(=O)[C@@H]4[C@@H]3C[C@H]3C(=O)C(c4ccccc4)=CC(=O)[C@@]23c2ccccc2)c1. The van der Waals surface area contributed by atoms with Crippen LogP contribution in [0.3, 0.4) is 0 Å². The number of imide groups is 1. The minimum Gasteiger partial charge on any atom is -0.508 e. The van der Waals surface area contributed by atoms with Gasteiger partial charge in [-0.1, -0.05) is 90.0 Å². The molecule has 0 bridgehead atoms. The van der Waals surface area contributed by atoms with E-state index in [2.05, 4.69) is 0 Å². The molecule has 8 heteroatoms. The van der Waals surface area contributed by atoms with Crippen molar-refractivity contribution in [1.82, 2.24) is 0 Å². The average molecular weight is 684 g/mol. The molecule has 0 aromatic heterocycles. The van der Waals surface area contributed by atoms with Gasteiger partial charge in [0.2, 0.25) is 11.8 Å². The van der Waals surface area contributed by atoms with Crippen molar-refractivity contribution in [2.45, 2.75) is 31.1 Å². The molecule has 7 nitrogen and oxygen atoms in total. The molecule has 1 aliphatic heterocycles. The number of ketones is 2. The number of rotatable bonds is 5. The zero-order chi connectivity index (χ0) is 34.9. The fraction of sp³-hybridized carbons (Fsp3) is 0.238. The van der Waals surface area contributed by atoms with Crippen molar-refractivity contribution in [3.05, 3.63) is 142 Å². The number of Topliss-reactive ketones (excluding diaryl/α,β-unsaturated/α-hetero) is 1. The van der Waals surface area contributed by atoms with Crippen LogP contribution in [0.5, 0.6) is 11.5 Å². The van der Waals surface area contributed by atoms with Gasteiger partial charge in [0, 0.05) is 28.0 Å². The highest BCUT2D eigenvalue weighted by atomic mass is 35.5. The van der Waals surface area contributed by atoms with Crippen LogP contribution in [0.15, 0.2) is 115 Å². The fourth-order valence-corrected chi connectivity index (χ4v) is 9.26. The molecule has 1 saturated heterocycles. The van der Waals surface area contributed by atoms with Gasteiger partial charge in [0.15, 0.2) is 11.6 Å². The van der Waals surface area contributed by atoms with Crippen molar-refractivity contribution in [3.63, 3.8) is 0 Å². The van der Waals surface area contributed by atoms with E-state index < -0.39 is 35.0 Å². The highest BCUT2D eigenvalue weighted by Crippen LogP contribution is 2.64. The number of allylic oxidation sites excluding steroid dienone is 4. The quantitative estimate of drug-likeness (QED) is 0.174. The summed E-state index contributed by atoms with van der Waals surface area (Å²) in [5.74, 6) is -4.50. The van der Waals surface area contributed by atoms with Gasteiger partial charge in [0.05, 0.1) is 30.0 Å².